The standard InChI is InChI=1S/C12H18BrFO2Si/c1-9(2)8-15-17(3,4)16-12-6-5-10(14)7-11(12)13/h5-7,9H,8H2,1-4H3. The van der Waals surface area contributed by atoms with Crippen molar-refractivity contribution in [2.75, 3.05) is 6.61 Å². The van der Waals surface area contributed by atoms with Crippen LogP contribution in [0.4, 0.5) is 4.39 Å². The third-order valence-electron chi connectivity index (χ3n) is 2.01. The van der Waals surface area contributed by atoms with Gasteiger partial charge in [-0.15, -0.1) is 0 Å². The van der Waals surface area contributed by atoms with Crippen LogP contribution >= 0.6 is 15.9 Å². The minimum atomic E-state index is -2.21. The van der Waals surface area contributed by atoms with Crippen LogP contribution in [0.15, 0.2) is 22.7 Å². The van der Waals surface area contributed by atoms with E-state index in [9.17, 15) is 4.39 Å². The molecule has 0 aliphatic heterocycles. The summed E-state index contributed by atoms with van der Waals surface area (Å²) in [5.41, 5.74) is 0. The van der Waals surface area contributed by atoms with Crippen LogP contribution in [0.25, 0.3) is 0 Å². The second kappa shape index (κ2) is 5.98. The van der Waals surface area contributed by atoms with Gasteiger partial charge in [0.25, 0.3) is 0 Å². The van der Waals surface area contributed by atoms with E-state index < -0.39 is 8.56 Å². The summed E-state index contributed by atoms with van der Waals surface area (Å²) in [6.45, 7) is 8.82. The van der Waals surface area contributed by atoms with Gasteiger partial charge in [-0.1, -0.05) is 13.8 Å². The first-order chi connectivity index (χ1) is 7.80. The van der Waals surface area contributed by atoms with Crippen molar-refractivity contribution in [3.8, 4) is 5.75 Å². The highest BCUT2D eigenvalue weighted by atomic mass is 79.9. The summed E-state index contributed by atoms with van der Waals surface area (Å²) in [4.78, 5) is 0. The molecule has 0 aromatic heterocycles. The Hall–Kier alpha value is -0.393. The number of rotatable bonds is 5. The fourth-order valence-electron chi connectivity index (χ4n) is 1.22. The van der Waals surface area contributed by atoms with Gasteiger partial charge in [-0.2, -0.15) is 0 Å². The lowest BCUT2D eigenvalue weighted by molar-refractivity contribution is 0.216. The van der Waals surface area contributed by atoms with Crippen molar-refractivity contribution < 1.29 is 13.2 Å². The Morgan fingerprint density at radius 1 is 1.35 bits per heavy atom. The van der Waals surface area contributed by atoms with Crippen molar-refractivity contribution in [2.45, 2.75) is 26.9 Å². The number of halogens is 2. The molecule has 96 valence electrons. The monoisotopic (exact) mass is 320 g/mol. The van der Waals surface area contributed by atoms with E-state index in [-0.39, 0.29) is 5.82 Å². The van der Waals surface area contributed by atoms with Crippen molar-refractivity contribution in [1.29, 1.82) is 0 Å². The number of hydrogen-bond donors (Lipinski definition) is 0. The zero-order valence-electron chi connectivity index (χ0n) is 10.6. The molecule has 5 heteroatoms. The molecule has 1 aromatic carbocycles. The summed E-state index contributed by atoms with van der Waals surface area (Å²) in [7, 11) is -2.21. The second-order valence-electron chi connectivity index (χ2n) is 4.78. The lowest BCUT2D eigenvalue weighted by Gasteiger charge is -2.25. The van der Waals surface area contributed by atoms with Crippen molar-refractivity contribution in [1.82, 2.24) is 0 Å². The van der Waals surface area contributed by atoms with Gasteiger partial charge in [0.15, 0.2) is 0 Å². The molecule has 0 atom stereocenters. The van der Waals surface area contributed by atoms with Crippen molar-refractivity contribution >= 4 is 24.5 Å². The van der Waals surface area contributed by atoms with Gasteiger partial charge >= 0.3 is 8.56 Å². The minimum Gasteiger partial charge on any atom is -0.519 e. The highest BCUT2D eigenvalue weighted by Gasteiger charge is 2.27. The highest BCUT2D eigenvalue weighted by Crippen LogP contribution is 2.28. The van der Waals surface area contributed by atoms with E-state index in [1.807, 2.05) is 13.1 Å². The highest BCUT2D eigenvalue weighted by molar-refractivity contribution is 9.10. The van der Waals surface area contributed by atoms with Crippen LogP contribution in [0.3, 0.4) is 0 Å². The summed E-state index contributed by atoms with van der Waals surface area (Å²) >= 11 is 3.28. The molecule has 0 N–H and O–H groups in total. The lowest BCUT2D eigenvalue weighted by atomic mass is 10.2. The summed E-state index contributed by atoms with van der Waals surface area (Å²) in [5, 5.41) is 0. The molecule has 1 rings (SSSR count). The number of benzene rings is 1. The smallest absolute Gasteiger partial charge is 0.392 e. The summed E-state index contributed by atoms with van der Waals surface area (Å²) in [5.74, 6) is 0.820. The van der Waals surface area contributed by atoms with E-state index in [0.29, 0.717) is 22.7 Å². The Morgan fingerprint density at radius 2 is 2.00 bits per heavy atom. The molecule has 0 saturated heterocycles. The van der Waals surface area contributed by atoms with Gasteiger partial charge < -0.3 is 8.85 Å². The molecule has 1 aromatic rings. The molecule has 0 aliphatic carbocycles. The average Bonchev–Trinajstić information content (AvgIpc) is 2.20. The maximum absolute atomic E-state index is 12.9. The molecule has 0 amide bonds. The molecule has 0 radical (unpaired) electrons. The number of hydrogen-bond acceptors (Lipinski definition) is 2. The Labute approximate surface area is 112 Å². The Bertz CT molecular complexity index is 383. The van der Waals surface area contributed by atoms with Crippen LogP contribution in [-0.2, 0) is 4.43 Å². The summed E-state index contributed by atoms with van der Waals surface area (Å²) < 4.78 is 25.2. The van der Waals surface area contributed by atoms with E-state index in [4.69, 9.17) is 8.85 Å². The SMILES string of the molecule is CC(C)CO[Si](C)(C)Oc1ccc(F)cc1Br. The Kier molecular flexibility index (Phi) is 5.16. The lowest BCUT2D eigenvalue weighted by Crippen LogP contribution is -2.39. The van der Waals surface area contributed by atoms with Crippen LogP contribution in [0.1, 0.15) is 13.8 Å². The van der Waals surface area contributed by atoms with E-state index >= 15 is 0 Å². The molecule has 2 nitrogen and oxygen atoms in total. The van der Waals surface area contributed by atoms with Gasteiger partial charge in [-0.3, -0.25) is 0 Å². The molecule has 0 unspecified atom stereocenters. The van der Waals surface area contributed by atoms with Crippen molar-refractivity contribution in [3.05, 3.63) is 28.5 Å². The molecular formula is C12H18BrFO2Si. The van der Waals surface area contributed by atoms with Crippen molar-refractivity contribution in [2.24, 2.45) is 5.92 Å². The molecule has 0 heterocycles. The van der Waals surface area contributed by atoms with Crippen LogP contribution in [0.2, 0.25) is 13.1 Å². The fourth-order valence-corrected chi connectivity index (χ4v) is 3.30. The Balaban J connectivity index is 2.68. The molecule has 0 spiro atoms. The first kappa shape index (κ1) is 14.7. The third-order valence-corrected chi connectivity index (χ3v) is 4.21. The van der Waals surface area contributed by atoms with E-state index in [2.05, 4.69) is 29.8 Å². The van der Waals surface area contributed by atoms with Crippen LogP contribution < -0.4 is 4.43 Å². The van der Waals surface area contributed by atoms with Gasteiger partial charge in [-0.25, -0.2) is 4.39 Å². The average molecular weight is 321 g/mol. The van der Waals surface area contributed by atoms with Gasteiger partial charge in [-0.05, 0) is 53.1 Å². The molecule has 17 heavy (non-hydrogen) atoms. The van der Waals surface area contributed by atoms with Gasteiger partial charge in [0.1, 0.15) is 11.6 Å². The molecule has 0 fully saturated rings. The topological polar surface area (TPSA) is 18.5 Å². The quantitative estimate of drug-likeness (QED) is 0.751. The van der Waals surface area contributed by atoms with Crippen LogP contribution in [0.5, 0.6) is 5.75 Å². The maximum Gasteiger partial charge on any atom is 0.392 e. The van der Waals surface area contributed by atoms with E-state index in [0.717, 1.165) is 0 Å². The van der Waals surface area contributed by atoms with Crippen molar-refractivity contribution in [3.63, 3.8) is 0 Å². The minimum absolute atomic E-state index is 0.285. The summed E-state index contributed by atoms with van der Waals surface area (Å²) in [6.07, 6.45) is 0. The normalized spacial score (nSPS) is 11.9. The first-order valence-corrected chi connectivity index (χ1v) is 9.19. The van der Waals surface area contributed by atoms with E-state index in [1.165, 1.54) is 12.1 Å². The largest absolute Gasteiger partial charge is 0.519 e. The van der Waals surface area contributed by atoms with Crippen LogP contribution in [-0.4, -0.2) is 15.2 Å². The molecule has 0 bridgehead atoms. The molecular weight excluding hydrogens is 303 g/mol. The second-order valence-corrected chi connectivity index (χ2v) is 8.93. The predicted octanol–water partition coefficient (Wildman–Crippen LogP) is 4.34. The van der Waals surface area contributed by atoms with Crippen LogP contribution in [0, 0.1) is 11.7 Å². The zero-order chi connectivity index (χ0) is 13.1. The predicted molar refractivity (Wildman–Crippen MR) is 73.0 cm³/mol. The zero-order valence-corrected chi connectivity index (χ0v) is 13.2. The molecule has 0 saturated carbocycles. The Morgan fingerprint density at radius 3 is 2.53 bits per heavy atom. The maximum atomic E-state index is 12.9. The van der Waals surface area contributed by atoms with Gasteiger partial charge in [0.2, 0.25) is 0 Å². The van der Waals surface area contributed by atoms with Gasteiger partial charge in [0.05, 0.1) is 4.47 Å². The van der Waals surface area contributed by atoms with Gasteiger partial charge in [0, 0.05) is 6.61 Å². The molecule has 0 aliphatic rings. The summed E-state index contributed by atoms with van der Waals surface area (Å²) in [6, 6.07) is 4.39. The first-order valence-electron chi connectivity index (χ1n) is 5.58. The fraction of sp³-hybridized carbons (Fsp3) is 0.500. The van der Waals surface area contributed by atoms with E-state index in [1.54, 1.807) is 6.07 Å². The third kappa shape index (κ3) is 5.19.